The monoisotopic (exact) mass is 500 g/mol. The van der Waals surface area contributed by atoms with Crippen LogP contribution in [0.1, 0.15) is 13.3 Å². The molecule has 1 N–H and O–H groups in total. The molecule has 5 rings (SSSR count). The summed E-state index contributed by atoms with van der Waals surface area (Å²) in [5, 5.41) is 1.91. The summed E-state index contributed by atoms with van der Waals surface area (Å²) in [5.74, 6) is -0.0583. The molecular formula is C22H20N4O6S2. The molecule has 1 amide bonds. The van der Waals surface area contributed by atoms with Crippen LogP contribution in [0.3, 0.4) is 0 Å². The highest BCUT2D eigenvalue weighted by atomic mass is 32.2. The number of oxazole rings is 1. The SMILES string of the molecule is CCCN1C(=O)COc2ccc(-c3csc(NS(=O)(=O)c4ccc5c(c4)oc(=O)n5C)n3)cc21. The molecule has 2 aromatic carbocycles. The van der Waals surface area contributed by atoms with Crippen LogP contribution in [0.25, 0.3) is 22.4 Å². The molecule has 0 radical (unpaired) electrons. The van der Waals surface area contributed by atoms with Crippen LogP contribution in [-0.4, -0.2) is 37.0 Å². The minimum absolute atomic E-state index is 0.00710. The Bertz CT molecular complexity index is 1580. The van der Waals surface area contributed by atoms with Gasteiger partial charge in [-0.1, -0.05) is 6.92 Å². The number of thiazole rings is 1. The Kier molecular flexibility index (Phi) is 5.41. The Balaban J connectivity index is 1.42. The van der Waals surface area contributed by atoms with E-state index in [9.17, 15) is 18.0 Å². The van der Waals surface area contributed by atoms with Crippen molar-refractivity contribution in [2.45, 2.75) is 18.2 Å². The molecule has 2 aromatic heterocycles. The van der Waals surface area contributed by atoms with Crippen molar-refractivity contribution in [2.75, 3.05) is 22.8 Å². The van der Waals surface area contributed by atoms with Crippen LogP contribution in [0.5, 0.6) is 5.75 Å². The molecule has 0 saturated heterocycles. The zero-order chi connectivity index (χ0) is 24.0. The lowest BCUT2D eigenvalue weighted by Gasteiger charge is -2.29. The first-order valence-corrected chi connectivity index (χ1v) is 12.8. The normalized spacial score (nSPS) is 13.7. The van der Waals surface area contributed by atoms with Crippen LogP contribution in [0.15, 0.2) is 55.9 Å². The van der Waals surface area contributed by atoms with Gasteiger partial charge in [0.2, 0.25) is 0 Å². The molecule has 0 saturated carbocycles. The largest absolute Gasteiger partial charge is 0.482 e. The molecule has 10 nitrogen and oxygen atoms in total. The minimum atomic E-state index is -3.96. The average Bonchev–Trinajstić information content (AvgIpc) is 3.39. The average molecular weight is 501 g/mol. The van der Waals surface area contributed by atoms with Gasteiger partial charge in [-0.2, -0.15) is 0 Å². The molecule has 12 heteroatoms. The standard InChI is InChI=1S/C22H20N4O6S2/c1-3-8-26-17-9-13(4-7-18(17)31-11-20(26)27)15-12-33-21(23-15)24-34(29,30)14-5-6-16-19(10-14)32-22(28)25(16)2/h4-7,9-10,12H,3,8,11H2,1-2H3,(H,23,24). The van der Waals surface area contributed by atoms with Gasteiger partial charge in [-0.15, -0.1) is 11.3 Å². The number of sulfonamides is 1. The van der Waals surface area contributed by atoms with E-state index in [1.807, 2.05) is 19.1 Å². The Hall–Kier alpha value is -3.64. The summed E-state index contributed by atoms with van der Waals surface area (Å²) in [4.78, 5) is 30.0. The number of rotatable bonds is 6. The summed E-state index contributed by atoms with van der Waals surface area (Å²) in [6.45, 7) is 2.58. The van der Waals surface area contributed by atoms with Gasteiger partial charge in [0, 0.05) is 30.6 Å². The van der Waals surface area contributed by atoms with Gasteiger partial charge in [0.15, 0.2) is 17.3 Å². The Morgan fingerprint density at radius 1 is 1.18 bits per heavy atom. The summed E-state index contributed by atoms with van der Waals surface area (Å²) in [7, 11) is -2.42. The molecule has 4 aromatic rings. The van der Waals surface area contributed by atoms with E-state index in [0.717, 1.165) is 23.3 Å². The van der Waals surface area contributed by atoms with Gasteiger partial charge in [0.05, 0.1) is 21.8 Å². The highest BCUT2D eigenvalue weighted by Gasteiger charge is 2.26. The maximum Gasteiger partial charge on any atom is 0.419 e. The summed E-state index contributed by atoms with van der Waals surface area (Å²) in [5.41, 5.74) is 2.63. The van der Waals surface area contributed by atoms with Crippen molar-refractivity contribution in [2.24, 2.45) is 7.05 Å². The van der Waals surface area contributed by atoms with Gasteiger partial charge in [-0.05, 0) is 36.8 Å². The lowest BCUT2D eigenvalue weighted by atomic mass is 10.1. The fraction of sp³-hybridized carbons (Fsp3) is 0.227. The number of amides is 1. The fourth-order valence-electron chi connectivity index (χ4n) is 3.74. The maximum atomic E-state index is 12.9. The number of ether oxygens (including phenoxy) is 1. The highest BCUT2D eigenvalue weighted by molar-refractivity contribution is 7.93. The highest BCUT2D eigenvalue weighted by Crippen LogP contribution is 2.37. The molecule has 176 valence electrons. The van der Waals surface area contributed by atoms with E-state index in [0.29, 0.717) is 29.2 Å². The molecule has 0 bridgehead atoms. The number of benzene rings is 2. The van der Waals surface area contributed by atoms with E-state index >= 15 is 0 Å². The summed E-state index contributed by atoms with van der Waals surface area (Å²) in [6.07, 6.45) is 0.802. The second-order valence-corrected chi connectivity index (χ2v) is 10.3. The quantitative estimate of drug-likeness (QED) is 0.431. The van der Waals surface area contributed by atoms with E-state index in [2.05, 4.69) is 9.71 Å². The Labute approximate surface area is 198 Å². The van der Waals surface area contributed by atoms with Crippen LogP contribution < -0.4 is 20.1 Å². The lowest BCUT2D eigenvalue weighted by molar-refractivity contribution is -0.121. The molecule has 3 heterocycles. The number of aromatic nitrogens is 2. The summed E-state index contributed by atoms with van der Waals surface area (Å²) < 4.78 is 40.2. The van der Waals surface area contributed by atoms with Gasteiger partial charge in [0.1, 0.15) is 5.75 Å². The first-order valence-electron chi connectivity index (χ1n) is 10.4. The number of anilines is 2. The van der Waals surface area contributed by atoms with Crippen molar-refractivity contribution in [1.29, 1.82) is 0 Å². The number of hydrogen-bond donors (Lipinski definition) is 1. The topological polar surface area (TPSA) is 124 Å². The van der Waals surface area contributed by atoms with Gasteiger partial charge in [-0.25, -0.2) is 18.2 Å². The first-order chi connectivity index (χ1) is 16.3. The summed E-state index contributed by atoms with van der Waals surface area (Å²) >= 11 is 1.13. The van der Waals surface area contributed by atoms with E-state index in [1.165, 1.54) is 22.8 Å². The number of nitrogens with one attached hydrogen (secondary N) is 1. The predicted molar refractivity (Wildman–Crippen MR) is 128 cm³/mol. The molecule has 0 aliphatic carbocycles. The van der Waals surface area contributed by atoms with Crippen molar-refractivity contribution < 1.29 is 22.4 Å². The van der Waals surface area contributed by atoms with Crippen LogP contribution in [0.2, 0.25) is 0 Å². The number of aryl methyl sites for hydroxylation is 1. The molecule has 1 aliphatic rings. The molecule has 34 heavy (non-hydrogen) atoms. The molecule has 0 atom stereocenters. The van der Waals surface area contributed by atoms with Gasteiger partial charge >= 0.3 is 5.76 Å². The van der Waals surface area contributed by atoms with Crippen LogP contribution in [-0.2, 0) is 21.9 Å². The third kappa shape index (κ3) is 3.84. The van der Waals surface area contributed by atoms with Gasteiger partial charge in [-0.3, -0.25) is 14.1 Å². The fourth-order valence-corrected chi connectivity index (χ4v) is 5.73. The van der Waals surface area contributed by atoms with Crippen LogP contribution in [0.4, 0.5) is 10.8 Å². The number of fused-ring (bicyclic) bond motifs is 2. The lowest BCUT2D eigenvalue weighted by Crippen LogP contribution is -2.39. The molecule has 0 unspecified atom stereocenters. The van der Waals surface area contributed by atoms with E-state index < -0.39 is 15.8 Å². The van der Waals surface area contributed by atoms with Crippen molar-refractivity contribution in [3.05, 3.63) is 52.3 Å². The summed E-state index contributed by atoms with van der Waals surface area (Å²) in [6, 6.07) is 9.64. The third-order valence-corrected chi connectivity index (χ3v) is 7.67. The molecule has 0 spiro atoms. The van der Waals surface area contributed by atoms with Crippen molar-refractivity contribution in [3.8, 4) is 17.0 Å². The Morgan fingerprint density at radius 3 is 2.79 bits per heavy atom. The zero-order valence-electron chi connectivity index (χ0n) is 18.3. The first kappa shape index (κ1) is 22.2. The van der Waals surface area contributed by atoms with E-state index in [1.54, 1.807) is 23.4 Å². The zero-order valence-corrected chi connectivity index (χ0v) is 19.9. The van der Waals surface area contributed by atoms with Crippen molar-refractivity contribution in [1.82, 2.24) is 9.55 Å². The maximum absolute atomic E-state index is 12.9. The van der Waals surface area contributed by atoms with Crippen LogP contribution >= 0.6 is 11.3 Å². The number of hydrogen-bond acceptors (Lipinski definition) is 8. The number of nitrogens with zero attached hydrogens (tertiary/aromatic N) is 3. The van der Waals surface area contributed by atoms with Gasteiger partial charge < -0.3 is 14.1 Å². The molecule has 0 fully saturated rings. The Morgan fingerprint density at radius 2 is 2.00 bits per heavy atom. The number of carbonyl (C=O) groups excluding carboxylic acids is 1. The molecule has 1 aliphatic heterocycles. The predicted octanol–water partition coefficient (Wildman–Crippen LogP) is 3.19. The second-order valence-electron chi connectivity index (χ2n) is 7.72. The van der Waals surface area contributed by atoms with Crippen molar-refractivity contribution in [3.63, 3.8) is 0 Å². The molecular weight excluding hydrogens is 480 g/mol. The second kappa shape index (κ2) is 8.29. The van der Waals surface area contributed by atoms with Crippen LogP contribution in [0, 0.1) is 0 Å². The van der Waals surface area contributed by atoms with E-state index in [-0.39, 0.29) is 28.1 Å². The van der Waals surface area contributed by atoms with E-state index in [4.69, 9.17) is 9.15 Å². The van der Waals surface area contributed by atoms with Crippen molar-refractivity contribution >= 4 is 49.2 Å². The smallest absolute Gasteiger partial charge is 0.419 e. The number of carbonyl (C=O) groups is 1. The third-order valence-electron chi connectivity index (χ3n) is 5.44. The van der Waals surface area contributed by atoms with Gasteiger partial charge in [0.25, 0.3) is 15.9 Å². The minimum Gasteiger partial charge on any atom is -0.482 e.